The van der Waals surface area contributed by atoms with Crippen molar-refractivity contribution < 1.29 is 17.9 Å². The maximum absolute atomic E-state index is 10.7. The van der Waals surface area contributed by atoms with Crippen molar-refractivity contribution in [3.8, 4) is 0 Å². The Morgan fingerprint density at radius 2 is 2.06 bits per heavy atom. The fourth-order valence-corrected chi connectivity index (χ4v) is 1.65. The second-order valence-corrected chi connectivity index (χ2v) is 4.30. The molecular formula is C8H9N2O5S-. The van der Waals surface area contributed by atoms with Crippen LogP contribution >= 0.6 is 0 Å². The van der Waals surface area contributed by atoms with Crippen molar-refractivity contribution in [1.29, 1.82) is 0 Å². The average molecular weight is 245 g/mol. The Kier molecular flexibility index (Phi) is 3.45. The molecular weight excluding hydrogens is 236 g/mol. The summed E-state index contributed by atoms with van der Waals surface area (Å²) >= 11 is 0. The Hall–Kier alpha value is -1.67. The van der Waals surface area contributed by atoms with E-state index in [2.05, 4.69) is 5.32 Å². The van der Waals surface area contributed by atoms with Gasteiger partial charge in [0.1, 0.15) is 15.8 Å². The fourth-order valence-electron chi connectivity index (χ4n) is 1.16. The Labute approximate surface area is 92.0 Å². The van der Waals surface area contributed by atoms with Crippen LogP contribution in [0, 0.1) is 10.1 Å². The van der Waals surface area contributed by atoms with E-state index in [4.69, 9.17) is 0 Å². The van der Waals surface area contributed by atoms with Gasteiger partial charge < -0.3 is 9.87 Å². The van der Waals surface area contributed by atoms with Gasteiger partial charge in [-0.3, -0.25) is 10.1 Å². The molecule has 0 unspecified atom stereocenters. The van der Waals surface area contributed by atoms with Gasteiger partial charge in [0.15, 0.2) is 0 Å². The molecule has 16 heavy (non-hydrogen) atoms. The number of benzene rings is 1. The zero-order valence-electron chi connectivity index (χ0n) is 8.34. The molecule has 1 N–H and O–H groups in total. The lowest BCUT2D eigenvalue weighted by atomic mass is 10.2. The quantitative estimate of drug-likeness (QED) is 0.479. The molecule has 8 heteroatoms. The van der Waals surface area contributed by atoms with E-state index >= 15 is 0 Å². The van der Waals surface area contributed by atoms with Crippen molar-refractivity contribution >= 4 is 21.5 Å². The lowest BCUT2D eigenvalue weighted by Gasteiger charge is -2.09. The summed E-state index contributed by atoms with van der Waals surface area (Å²) in [5, 5.41) is 13.3. The fraction of sp³-hybridized carbons (Fsp3) is 0.250. The minimum atomic E-state index is -4.67. The molecule has 0 aliphatic heterocycles. The van der Waals surface area contributed by atoms with Crippen LogP contribution in [0.1, 0.15) is 6.92 Å². The molecule has 0 amide bonds. The predicted octanol–water partition coefficient (Wildman–Crippen LogP) is 0.931. The number of nitrogens with zero attached hydrogens (tertiary/aromatic N) is 1. The van der Waals surface area contributed by atoms with Gasteiger partial charge in [-0.1, -0.05) is 0 Å². The molecule has 0 saturated carbocycles. The van der Waals surface area contributed by atoms with Crippen LogP contribution in [0.15, 0.2) is 23.1 Å². The van der Waals surface area contributed by atoms with Crippen molar-refractivity contribution in [2.24, 2.45) is 0 Å². The normalized spacial score (nSPS) is 11.1. The number of anilines is 1. The van der Waals surface area contributed by atoms with Crippen LogP contribution in [0.3, 0.4) is 0 Å². The SMILES string of the molecule is CCNc1ccc(S(=O)(=O)[O-])cc1[N+](=O)[O-]. The molecule has 0 saturated heterocycles. The summed E-state index contributed by atoms with van der Waals surface area (Å²) in [6.45, 7) is 2.19. The summed E-state index contributed by atoms with van der Waals surface area (Å²) < 4.78 is 32.0. The number of nitro benzene ring substituents is 1. The van der Waals surface area contributed by atoms with Gasteiger partial charge in [0.05, 0.1) is 9.82 Å². The molecule has 1 aromatic rings. The summed E-state index contributed by atoms with van der Waals surface area (Å²) in [5.41, 5.74) is -0.251. The Morgan fingerprint density at radius 3 is 2.50 bits per heavy atom. The van der Waals surface area contributed by atoms with Crippen LogP contribution < -0.4 is 5.32 Å². The molecule has 0 fully saturated rings. The topological polar surface area (TPSA) is 112 Å². The maximum atomic E-state index is 10.7. The zero-order chi connectivity index (χ0) is 12.3. The van der Waals surface area contributed by atoms with E-state index in [9.17, 15) is 23.1 Å². The predicted molar refractivity (Wildman–Crippen MR) is 55.2 cm³/mol. The first-order valence-electron chi connectivity index (χ1n) is 4.34. The molecule has 88 valence electrons. The first-order chi connectivity index (χ1) is 7.36. The monoisotopic (exact) mass is 245 g/mol. The Balaban J connectivity index is 3.34. The lowest BCUT2D eigenvalue weighted by Crippen LogP contribution is -2.04. The van der Waals surface area contributed by atoms with E-state index in [1.54, 1.807) is 6.92 Å². The average Bonchev–Trinajstić information content (AvgIpc) is 2.16. The van der Waals surface area contributed by atoms with Crippen LogP contribution in [-0.4, -0.2) is 24.4 Å². The zero-order valence-corrected chi connectivity index (χ0v) is 9.15. The van der Waals surface area contributed by atoms with E-state index < -0.39 is 25.6 Å². The third-order valence-electron chi connectivity index (χ3n) is 1.82. The largest absolute Gasteiger partial charge is 0.744 e. The lowest BCUT2D eigenvalue weighted by molar-refractivity contribution is -0.384. The third kappa shape index (κ3) is 2.67. The van der Waals surface area contributed by atoms with Crippen molar-refractivity contribution in [2.45, 2.75) is 11.8 Å². The van der Waals surface area contributed by atoms with E-state index in [-0.39, 0.29) is 5.69 Å². The van der Waals surface area contributed by atoms with E-state index in [0.29, 0.717) is 6.54 Å². The molecule has 0 heterocycles. The maximum Gasteiger partial charge on any atom is 0.293 e. The van der Waals surface area contributed by atoms with Gasteiger partial charge in [-0.25, -0.2) is 8.42 Å². The number of nitro groups is 1. The highest BCUT2D eigenvalue weighted by molar-refractivity contribution is 7.85. The molecule has 0 bridgehead atoms. The summed E-state index contributed by atoms with van der Waals surface area (Å²) in [6, 6.07) is 2.99. The van der Waals surface area contributed by atoms with Crippen molar-refractivity contribution in [2.75, 3.05) is 11.9 Å². The van der Waals surface area contributed by atoms with Gasteiger partial charge in [0.2, 0.25) is 0 Å². The van der Waals surface area contributed by atoms with E-state index in [1.165, 1.54) is 6.07 Å². The van der Waals surface area contributed by atoms with Crippen molar-refractivity contribution in [3.63, 3.8) is 0 Å². The molecule has 0 radical (unpaired) electrons. The molecule has 1 aromatic carbocycles. The number of nitrogens with one attached hydrogen (secondary N) is 1. The summed E-state index contributed by atoms with van der Waals surface area (Å²) in [6.07, 6.45) is 0. The molecule has 0 aliphatic rings. The Bertz CT molecular complexity index is 511. The summed E-state index contributed by atoms with van der Waals surface area (Å²) in [5.74, 6) is 0. The highest BCUT2D eigenvalue weighted by Crippen LogP contribution is 2.27. The number of rotatable bonds is 4. The molecule has 0 aliphatic carbocycles. The van der Waals surface area contributed by atoms with Gasteiger partial charge in [-0.05, 0) is 19.1 Å². The second-order valence-electron chi connectivity index (χ2n) is 2.92. The van der Waals surface area contributed by atoms with E-state index in [1.807, 2.05) is 0 Å². The standard InChI is InChI=1S/C8H10N2O5S/c1-2-9-7-4-3-6(16(13,14)15)5-8(7)10(11)12/h3-5,9H,2H2,1H3,(H,13,14,15)/p-1. The first kappa shape index (κ1) is 12.4. The minimum Gasteiger partial charge on any atom is -0.744 e. The summed E-state index contributed by atoms with van der Waals surface area (Å²) in [4.78, 5) is 9.29. The van der Waals surface area contributed by atoms with Crippen molar-refractivity contribution in [3.05, 3.63) is 28.3 Å². The minimum absolute atomic E-state index is 0.180. The third-order valence-corrected chi connectivity index (χ3v) is 2.65. The molecule has 7 nitrogen and oxygen atoms in total. The highest BCUT2D eigenvalue weighted by atomic mass is 32.2. The molecule has 0 spiro atoms. The van der Waals surface area contributed by atoms with Gasteiger partial charge in [0.25, 0.3) is 5.69 Å². The van der Waals surface area contributed by atoms with Crippen LogP contribution in [0.5, 0.6) is 0 Å². The van der Waals surface area contributed by atoms with Crippen LogP contribution in [0.4, 0.5) is 11.4 Å². The van der Waals surface area contributed by atoms with Crippen LogP contribution in [-0.2, 0) is 10.1 Å². The summed E-state index contributed by atoms with van der Waals surface area (Å²) in [7, 11) is -4.67. The highest BCUT2D eigenvalue weighted by Gasteiger charge is 2.16. The van der Waals surface area contributed by atoms with Gasteiger partial charge in [0, 0.05) is 12.6 Å². The second kappa shape index (κ2) is 4.45. The van der Waals surface area contributed by atoms with Crippen LogP contribution in [0.25, 0.3) is 0 Å². The van der Waals surface area contributed by atoms with E-state index in [0.717, 1.165) is 12.1 Å². The Morgan fingerprint density at radius 1 is 1.44 bits per heavy atom. The number of hydrogen-bond donors (Lipinski definition) is 1. The van der Waals surface area contributed by atoms with Gasteiger partial charge >= 0.3 is 0 Å². The van der Waals surface area contributed by atoms with Crippen molar-refractivity contribution in [1.82, 2.24) is 0 Å². The molecule has 0 aromatic heterocycles. The molecule has 1 rings (SSSR count). The smallest absolute Gasteiger partial charge is 0.293 e. The number of hydrogen-bond acceptors (Lipinski definition) is 6. The molecule has 0 atom stereocenters. The van der Waals surface area contributed by atoms with Gasteiger partial charge in [-0.15, -0.1) is 0 Å². The first-order valence-corrected chi connectivity index (χ1v) is 5.75. The van der Waals surface area contributed by atoms with Crippen LogP contribution in [0.2, 0.25) is 0 Å². The van der Waals surface area contributed by atoms with Gasteiger partial charge in [-0.2, -0.15) is 0 Å².